The van der Waals surface area contributed by atoms with Crippen molar-refractivity contribution in [3.05, 3.63) is 54.6 Å². The Balaban J connectivity index is 2.07. The SMILES string of the molecule is CC[C@@H](Oc1ccccc1)C(=O)Nc1ccc(S(=O)(=O)N(CC)CC)cc1. The van der Waals surface area contributed by atoms with Gasteiger partial charge < -0.3 is 10.1 Å². The van der Waals surface area contributed by atoms with E-state index in [1.54, 1.807) is 38.1 Å². The average Bonchev–Trinajstić information content (AvgIpc) is 2.68. The van der Waals surface area contributed by atoms with Gasteiger partial charge in [0.25, 0.3) is 5.91 Å². The van der Waals surface area contributed by atoms with Gasteiger partial charge in [0, 0.05) is 18.8 Å². The van der Waals surface area contributed by atoms with Crippen LogP contribution in [0.3, 0.4) is 0 Å². The van der Waals surface area contributed by atoms with Gasteiger partial charge in [0.05, 0.1) is 4.90 Å². The highest BCUT2D eigenvalue weighted by Gasteiger charge is 2.22. The van der Waals surface area contributed by atoms with Crippen LogP contribution in [0.25, 0.3) is 0 Å². The van der Waals surface area contributed by atoms with Gasteiger partial charge in [-0.15, -0.1) is 0 Å². The molecule has 0 aromatic heterocycles. The molecule has 27 heavy (non-hydrogen) atoms. The summed E-state index contributed by atoms with van der Waals surface area (Å²) in [5.74, 6) is 0.348. The minimum atomic E-state index is -3.51. The first-order chi connectivity index (χ1) is 12.9. The fourth-order valence-corrected chi connectivity index (χ4v) is 4.09. The van der Waals surface area contributed by atoms with E-state index in [1.165, 1.54) is 16.4 Å². The predicted octanol–water partition coefficient (Wildman–Crippen LogP) is 3.51. The van der Waals surface area contributed by atoms with E-state index in [9.17, 15) is 13.2 Å². The van der Waals surface area contributed by atoms with Crippen LogP contribution in [0.4, 0.5) is 5.69 Å². The molecule has 0 saturated heterocycles. The molecule has 0 saturated carbocycles. The van der Waals surface area contributed by atoms with Crippen LogP contribution in [-0.2, 0) is 14.8 Å². The number of carbonyl (C=O) groups is 1. The third-order valence-electron chi connectivity index (χ3n) is 4.15. The average molecular weight is 391 g/mol. The van der Waals surface area contributed by atoms with E-state index in [0.29, 0.717) is 30.9 Å². The van der Waals surface area contributed by atoms with Crippen molar-refractivity contribution >= 4 is 21.6 Å². The van der Waals surface area contributed by atoms with Gasteiger partial charge in [-0.3, -0.25) is 4.79 Å². The fourth-order valence-electron chi connectivity index (χ4n) is 2.63. The molecule has 1 N–H and O–H groups in total. The van der Waals surface area contributed by atoms with Crippen molar-refractivity contribution in [2.75, 3.05) is 18.4 Å². The molecular formula is C20H26N2O4S. The predicted molar refractivity (Wildman–Crippen MR) is 106 cm³/mol. The molecule has 1 atom stereocenters. The molecule has 0 aliphatic heterocycles. The molecular weight excluding hydrogens is 364 g/mol. The summed E-state index contributed by atoms with van der Waals surface area (Å²) in [6.07, 6.45) is -0.124. The first-order valence-corrected chi connectivity index (χ1v) is 10.5. The van der Waals surface area contributed by atoms with Crippen molar-refractivity contribution in [2.24, 2.45) is 0 Å². The smallest absolute Gasteiger partial charge is 0.265 e. The van der Waals surface area contributed by atoms with E-state index in [4.69, 9.17) is 4.74 Å². The van der Waals surface area contributed by atoms with E-state index in [0.717, 1.165) is 0 Å². The monoisotopic (exact) mass is 390 g/mol. The number of hydrogen-bond donors (Lipinski definition) is 1. The van der Waals surface area contributed by atoms with Gasteiger partial charge >= 0.3 is 0 Å². The summed E-state index contributed by atoms with van der Waals surface area (Å²) in [6, 6.07) is 15.3. The molecule has 0 aliphatic rings. The Morgan fingerprint density at radius 2 is 1.59 bits per heavy atom. The van der Waals surface area contributed by atoms with E-state index in [-0.39, 0.29) is 10.8 Å². The normalized spacial score (nSPS) is 12.6. The van der Waals surface area contributed by atoms with Crippen molar-refractivity contribution in [3.8, 4) is 5.75 Å². The third-order valence-corrected chi connectivity index (χ3v) is 6.21. The van der Waals surface area contributed by atoms with Crippen molar-refractivity contribution in [1.29, 1.82) is 0 Å². The zero-order chi connectivity index (χ0) is 19.9. The second-order valence-corrected chi connectivity index (χ2v) is 7.87. The second-order valence-electron chi connectivity index (χ2n) is 5.93. The lowest BCUT2D eigenvalue weighted by Gasteiger charge is -2.19. The first-order valence-electron chi connectivity index (χ1n) is 9.05. The molecule has 2 rings (SSSR count). The quantitative estimate of drug-likeness (QED) is 0.711. The van der Waals surface area contributed by atoms with Gasteiger partial charge in [-0.05, 0) is 42.8 Å². The van der Waals surface area contributed by atoms with Gasteiger partial charge in [0.1, 0.15) is 5.75 Å². The summed E-state index contributed by atoms with van der Waals surface area (Å²) in [4.78, 5) is 12.7. The highest BCUT2D eigenvalue weighted by atomic mass is 32.2. The summed E-state index contributed by atoms with van der Waals surface area (Å²) in [5, 5.41) is 2.78. The van der Waals surface area contributed by atoms with E-state index in [1.807, 2.05) is 25.1 Å². The highest BCUT2D eigenvalue weighted by molar-refractivity contribution is 7.89. The number of carbonyl (C=O) groups excluding carboxylic acids is 1. The third kappa shape index (κ3) is 5.30. The zero-order valence-electron chi connectivity index (χ0n) is 15.9. The lowest BCUT2D eigenvalue weighted by Crippen LogP contribution is -2.32. The van der Waals surface area contributed by atoms with Crippen LogP contribution in [0, 0.1) is 0 Å². The van der Waals surface area contributed by atoms with Gasteiger partial charge in [-0.1, -0.05) is 39.0 Å². The largest absolute Gasteiger partial charge is 0.481 e. The summed E-state index contributed by atoms with van der Waals surface area (Å²) < 4.78 is 32.1. The maximum Gasteiger partial charge on any atom is 0.265 e. The minimum Gasteiger partial charge on any atom is -0.481 e. The molecule has 2 aromatic carbocycles. The molecule has 146 valence electrons. The molecule has 0 bridgehead atoms. The standard InChI is InChI=1S/C20H26N2O4S/c1-4-19(26-17-10-8-7-9-11-17)20(23)21-16-12-14-18(15-13-16)27(24,25)22(5-2)6-3/h7-15,19H,4-6H2,1-3H3,(H,21,23)/t19-/m1/s1. The molecule has 7 heteroatoms. The molecule has 2 aromatic rings. The van der Waals surface area contributed by atoms with Gasteiger partial charge in [-0.25, -0.2) is 8.42 Å². The van der Waals surface area contributed by atoms with Crippen molar-refractivity contribution in [1.82, 2.24) is 4.31 Å². The molecule has 0 heterocycles. The van der Waals surface area contributed by atoms with Crippen LogP contribution < -0.4 is 10.1 Å². The Bertz CT molecular complexity index is 832. The maximum atomic E-state index is 12.5. The van der Waals surface area contributed by atoms with Crippen LogP contribution in [0.15, 0.2) is 59.5 Å². The Morgan fingerprint density at radius 3 is 2.11 bits per heavy atom. The number of sulfonamides is 1. The molecule has 0 unspecified atom stereocenters. The number of rotatable bonds is 9. The number of anilines is 1. The lowest BCUT2D eigenvalue weighted by molar-refractivity contribution is -0.122. The molecule has 0 spiro atoms. The number of hydrogen-bond acceptors (Lipinski definition) is 4. The van der Waals surface area contributed by atoms with E-state index in [2.05, 4.69) is 5.32 Å². The van der Waals surface area contributed by atoms with Gasteiger partial charge in [0.15, 0.2) is 6.10 Å². The second kappa shape index (κ2) is 9.53. The van der Waals surface area contributed by atoms with Crippen molar-refractivity contribution in [2.45, 2.75) is 38.2 Å². The zero-order valence-corrected chi connectivity index (χ0v) is 16.7. The van der Waals surface area contributed by atoms with Gasteiger partial charge in [-0.2, -0.15) is 4.31 Å². The Morgan fingerprint density at radius 1 is 1.00 bits per heavy atom. The fraction of sp³-hybridized carbons (Fsp3) is 0.350. The summed E-state index contributed by atoms with van der Waals surface area (Å²) >= 11 is 0. The summed E-state index contributed by atoms with van der Waals surface area (Å²) in [7, 11) is -3.51. The van der Waals surface area contributed by atoms with E-state index < -0.39 is 16.1 Å². The molecule has 6 nitrogen and oxygen atoms in total. The number of benzene rings is 2. The lowest BCUT2D eigenvalue weighted by atomic mass is 10.2. The van der Waals surface area contributed by atoms with E-state index >= 15 is 0 Å². The molecule has 0 aliphatic carbocycles. The van der Waals surface area contributed by atoms with Crippen LogP contribution >= 0.6 is 0 Å². The molecule has 1 amide bonds. The number of nitrogens with one attached hydrogen (secondary N) is 1. The topological polar surface area (TPSA) is 75.7 Å². The number of amides is 1. The highest BCUT2D eigenvalue weighted by Crippen LogP contribution is 2.19. The van der Waals surface area contributed by atoms with Crippen LogP contribution in [0.2, 0.25) is 0 Å². The minimum absolute atomic E-state index is 0.205. The van der Waals surface area contributed by atoms with Crippen molar-refractivity contribution in [3.63, 3.8) is 0 Å². The van der Waals surface area contributed by atoms with Crippen LogP contribution in [-0.4, -0.2) is 37.8 Å². The molecule has 0 fully saturated rings. The number of ether oxygens (including phenoxy) is 1. The van der Waals surface area contributed by atoms with Crippen LogP contribution in [0.1, 0.15) is 27.2 Å². The summed E-state index contributed by atoms with van der Waals surface area (Å²) in [5.41, 5.74) is 0.522. The first kappa shape index (κ1) is 20.9. The Kier molecular flexibility index (Phi) is 7.38. The number of para-hydroxylation sites is 1. The van der Waals surface area contributed by atoms with Crippen molar-refractivity contribution < 1.29 is 17.9 Å². The van der Waals surface area contributed by atoms with Crippen LogP contribution in [0.5, 0.6) is 5.75 Å². The number of nitrogens with zero attached hydrogens (tertiary/aromatic N) is 1. The summed E-state index contributed by atoms with van der Waals surface area (Å²) in [6.45, 7) is 6.28. The Hall–Kier alpha value is -2.38. The Labute approximate surface area is 161 Å². The maximum absolute atomic E-state index is 12.5. The van der Waals surface area contributed by atoms with Gasteiger partial charge in [0.2, 0.25) is 10.0 Å². The molecule has 0 radical (unpaired) electrons.